The molecule has 1 aliphatic rings. The van der Waals surface area contributed by atoms with Crippen molar-refractivity contribution in [3.05, 3.63) is 12.2 Å². The molecular formula is C13H24N4O. The lowest BCUT2D eigenvalue weighted by Gasteiger charge is -2.27. The monoisotopic (exact) mass is 252 g/mol. The van der Waals surface area contributed by atoms with Gasteiger partial charge in [0.15, 0.2) is 0 Å². The van der Waals surface area contributed by atoms with E-state index in [0.29, 0.717) is 11.8 Å². The van der Waals surface area contributed by atoms with Crippen molar-refractivity contribution in [3.63, 3.8) is 0 Å². The Labute approximate surface area is 109 Å². The predicted octanol–water partition coefficient (Wildman–Crippen LogP) is 1.23. The zero-order valence-corrected chi connectivity index (χ0v) is 11.4. The van der Waals surface area contributed by atoms with E-state index in [1.807, 2.05) is 4.68 Å². The fourth-order valence-electron chi connectivity index (χ4n) is 2.43. The smallest absolute Gasteiger partial charge is 0.138 e. The first-order valence-electron chi connectivity index (χ1n) is 6.87. The van der Waals surface area contributed by atoms with Crippen molar-refractivity contribution in [2.24, 2.45) is 17.6 Å². The molecule has 5 nitrogen and oxygen atoms in total. The van der Waals surface area contributed by atoms with Gasteiger partial charge in [-0.15, -0.1) is 0 Å². The van der Waals surface area contributed by atoms with Crippen LogP contribution in [-0.4, -0.2) is 34.0 Å². The molecule has 2 rings (SSSR count). The van der Waals surface area contributed by atoms with Crippen LogP contribution in [0.2, 0.25) is 0 Å². The van der Waals surface area contributed by atoms with E-state index in [2.05, 4.69) is 23.9 Å². The quantitative estimate of drug-likeness (QED) is 0.856. The molecule has 1 aliphatic heterocycles. The Balaban J connectivity index is 1.93. The molecule has 0 aliphatic carbocycles. The van der Waals surface area contributed by atoms with Gasteiger partial charge in [-0.3, -0.25) is 0 Å². The van der Waals surface area contributed by atoms with Gasteiger partial charge >= 0.3 is 0 Å². The van der Waals surface area contributed by atoms with Crippen molar-refractivity contribution in [2.75, 3.05) is 13.2 Å². The van der Waals surface area contributed by atoms with Gasteiger partial charge < -0.3 is 10.5 Å². The normalized spacial score (nSPS) is 22.3. The minimum absolute atomic E-state index is 0.125. The van der Waals surface area contributed by atoms with Crippen LogP contribution in [0, 0.1) is 11.8 Å². The number of ether oxygens (including phenoxy) is 1. The molecule has 102 valence electrons. The Morgan fingerprint density at radius 3 is 3.06 bits per heavy atom. The van der Waals surface area contributed by atoms with Crippen molar-refractivity contribution in [1.82, 2.24) is 14.8 Å². The van der Waals surface area contributed by atoms with E-state index in [0.717, 1.165) is 38.4 Å². The number of hydrogen-bond donors (Lipinski definition) is 1. The minimum Gasteiger partial charge on any atom is -0.381 e. The maximum atomic E-state index is 6.28. The van der Waals surface area contributed by atoms with E-state index in [1.165, 1.54) is 6.42 Å². The second-order valence-electron chi connectivity index (χ2n) is 5.60. The van der Waals surface area contributed by atoms with Crippen molar-refractivity contribution >= 4 is 0 Å². The molecule has 5 heteroatoms. The van der Waals surface area contributed by atoms with Crippen LogP contribution in [0.15, 0.2) is 6.33 Å². The minimum atomic E-state index is 0.125. The summed E-state index contributed by atoms with van der Waals surface area (Å²) >= 11 is 0. The van der Waals surface area contributed by atoms with Crippen molar-refractivity contribution in [3.8, 4) is 0 Å². The lowest BCUT2D eigenvalue weighted by atomic mass is 9.92. The Bertz CT molecular complexity index is 358. The third-order valence-corrected chi connectivity index (χ3v) is 3.45. The van der Waals surface area contributed by atoms with Crippen LogP contribution in [0.1, 0.15) is 32.5 Å². The van der Waals surface area contributed by atoms with Crippen molar-refractivity contribution < 1.29 is 4.74 Å². The van der Waals surface area contributed by atoms with Crippen molar-refractivity contribution in [2.45, 2.75) is 45.7 Å². The Morgan fingerprint density at radius 1 is 1.56 bits per heavy atom. The van der Waals surface area contributed by atoms with Gasteiger partial charge in [-0.25, -0.2) is 9.67 Å². The zero-order chi connectivity index (χ0) is 13.0. The first-order valence-corrected chi connectivity index (χ1v) is 6.87. The van der Waals surface area contributed by atoms with Crippen LogP contribution >= 0.6 is 0 Å². The second-order valence-corrected chi connectivity index (χ2v) is 5.60. The van der Waals surface area contributed by atoms with Gasteiger partial charge in [0.25, 0.3) is 0 Å². The average molecular weight is 252 g/mol. The summed E-state index contributed by atoms with van der Waals surface area (Å²) in [7, 11) is 0. The van der Waals surface area contributed by atoms with E-state index in [4.69, 9.17) is 10.5 Å². The number of aromatic nitrogens is 3. The molecular weight excluding hydrogens is 228 g/mol. The van der Waals surface area contributed by atoms with Gasteiger partial charge in [0.2, 0.25) is 0 Å². The van der Waals surface area contributed by atoms with Gasteiger partial charge in [0.05, 0.1) is 6.61 Å². The third-order valence-electron chi connectivity index (χ3n) is 3.45. The number of hydrogen-bond acceptors (Lipinski definition) is 4. The highest BCUT2D eigenvalue weighted by Gasteiger charge is 2.23. The third kappa shape index (κ3) is 3.53. The molecule has 1 aromatic rings. The SMILES string of the molecule is CC(C)Cn1ncnc1CC(N)C1CCCOC1. The van der Waals surface area contributed by atoms with E-state index in [1.54, 1.807) is 6.33 Å². The van der Waals surface area contributed by atoms with E-state index in [-0.39, 0.29) is 6.04 Å². The largest absolute Gasteiger partial charge is 0.381 e. The summed E-state index contributed by atoms with van der Waals surface area (Å²) < 4.78 is 7.47. The van der Waals surface area contributed by atoms with E-state index >= 15 is 0 Å². The van der Waals surface area contributed by atoms with Crippen LogP contribution in [-0.2, 0) is 17.7 Å². The molecule has 0 radical (unpaired) electrons. The van der Waals surface area contributed by atoms with Crippen LogP contribution in [0.4, 0.5) is 0 Å². The number of nitrogens with zero attached hydrogens (tertiary/aromatic N) is 3. The fourth-order valence-corrected chi connectivity index (χ4v) is 2.43. The first-order chi connectivity index (χ1) is 8.66. The Hall–Kier alpha value is -0.940. The molecule has 0 amide bonds. The molecule has 2 atom stereocenters. The zero-order valence-electron chi connectivity index (χ0n) is 11.4. The van der Waals surface area contributed by atoms with Crippen LogP contribution in [0.25, 0.3) is 0 Å². The molecule has 1 aromatic heterocycles. The topological polar surface area (TPSA) is 66.0 Å². The predicted molar refractivity (Wildman–Crippen MR) is 70.1 cm³/mol. The Morgan fingerprint density at radius 2 is 2.39 bits per heavy atom. The molecule has 18 heavy (non-hydrogen) atoms. The summed E-state index contributed by atoms with van der Waals surface area (Å²) in [5, 5.41) is 4.27. The molecule has 0 saturated carbocycles. The molecule has 1 saturated heterocycles. The van der Waals surface area contributed by atoms with Gasteiger partial charge in [-0.2, -0.15) is 5.10 Å². The first kappa shape index (κ1) is 13.5. The summed E-state index contributed by atoms with van der Waals surface area (Å²) in [6.45, 7) is 6.94. The summed E-state index contributed by atoms with van der Waals surface area (Å²) in [6.07, 6.45) is 4.71. The molecule has 2 heterocycles. The molecule has 1 fully saturated rings. The lowest BCUT2D eigenvalue weighted by molar-refractivity contribution is 0.0446. The maximum Gasteiger partial charge on any atom is 0.138 e. The standard InChI is InChI=1S/C13H24N4O/c1-10(2)7-17-13(15-9-16-17)6-12(14)11-4-3-5-18-8-11/h9-12H,3-8,14H2,1-2H3. The van der Waals surface area contributed by atoms with Crippen LogP contribution in [0.3, 0.4) is 0 Å². The van der Waals surface area contributed by atoms with Gasteiger partial charge in [0.1, 0.15) is 12.2 Å². The summed E-state index contributed by atoms with van der Waals surface area (Å²) in [5.41, 5.74) is 6.28. The van der Waals surface area contributed by atoms with Gasteiger partial charge in [-0.05, 0) is 24.7 Å². The fraction of sp³-hybridized carbons (Fsp3) is 0.846. The number of rotatable bonds is 5. The Kier molecular flexibility index (Phi) is 4.72. The van der Waals surface area contributed by atoms with Gasteiger partial charge in [0, 0.05) is 25.6 Å². The molecule has 2 unspecified atom stereocenters. The molecule has 2 N–H and O–H groups in total. The van der Waals surface area contributed by atoms with E-state index in [9.17, 15) is 0 Å². The van der Waals surface area contributed by atoms with E-state index < -0.39 is 0 Å². The maximum absolute atomic E-state index is 6.28. The number of nitrogens with two attached hydrogens (primary N) is 1. The van der Waals surface area contributed by atoms with Crippen molar-refractivity contribution in [1.29, 1.82) is 0 Å². The second kappa shape index (κ2) is 6.29. The highest BCUT2D eigenvalue weighted by molar-refractivity contribution is 4.91. The summed E-state index contributed by atoms with van der Waals surface area (Å²) in [6, 6.07) is 0.125. The average Bonchev–Trinajstić information content (AvgIpc) is 2.77. The summed E-state index contributed by atoms with van der Waals surface area (Å²) in [4.78, 5) is 4.34. The van der Waals surface area contributed by atoms with Gasteiger partial charge in [-0.1, -0.05) is 13.8 Å². The lowest BCUT2D eigenvalue weighted by Crippen LogP contribution is -2.38. The summed E-state index contributed by atoms with van der Waals surface area (Å²) in [5.74, 6) is 2.03. The van der Waals surface area contributed by atoms with Crippen LogP contribution < -0.4 is 5.73 Å². The highest BCUT2D eigenvalue weighted by atomic mass is 16.5. The molecule has 0 aromatic carbocycles. The van der Waals surface area contributed by atoms with Crippen LogP contribution in [0.5, 0.6) is 0 Å². The molecule has 0 bridgehead atoms. The highest BCUT2D eigenvalue weighted by Crippen LogP contribution is 2.18. The molecule has 0 spiro atoms.